The van der Waals surface area contributed by atoms with Gasteiger partial charge in [0.05, 0.1) is 16.6 Å². The number of piperazine rings is 1. The molecule has 5 nitrogen and oxygen atoms in total. The largest absolute Gasteiger partial charge is 0.419 e. The number of aryl methyl sites for hydroxylation is 1. The molecule has 1 saturated heterocycles. The summed E-state index contributed by atoms with van der Waals surface area (Å²) in [5.74, 6) is -1.90. The van der Waals surface area contributed by atoms with E-state index >= 15 is 0 Å². The summed E-state index contributed by atoms with van der Waals surface area (Å²) in [6.45, 7) is 3.63. The third kappa shape index (κ3) is 3.56. The second-order valence-corrected chi connectivity index (χ2v) is 9.56. The number of aromatic nitrogens is 3. The minimum Gasteiger partial charge on any atom is -0.348 e. The van der Waals surface area contributed by atoms with Gasteiger partial charge in [-0.15, -0.1) is 0 Å². The molecule has 2 aliphatic rings. The highest BCUT2D eigenvalue weighted by atomic mass is 32.2. The van der Waals surface area contributed by atoms with Crippen LogP contribution >= 0.6 is 11.9 Å². The molecule has 3 heterocycles. The zero-order valence-corrected chi connectivity index (χ0v) is 19.1. The molecule has 11 heteroatoms. The number of hydrogen-bond acceptors (Lipinski definition) is 5. The lowest BCUT2D eigenvalue weighted by Gasteiger charge is -2.42. The van der Waals surface area contributed by atoms with E-state index in [1.54, 1.807) is 19.0 Å². The lowest BCUT2D eigenvalue weighted by atomic mass is 10.0. The fraction of sp³-hybridized carbons (Fsp3) is 0.455. The SMILES string of the molecule is CSN1CCN(c2cc3c(cn2)c(-c2cc(C(F)(F)F)c(F)c(C)c2F)nn3C)C2(CC2)C1. The molecule has 1 aliphatic carbocycles. The predicted octanol–water partition coefficient (Wildman–Crippen LogP) is 5.17. The summed E-state index contributed by atoms with van der Waals surface area (Å²) in [6, 6.07) is 2.34. The van der Waals surface area contributed by atoms with Gasteiger partial charge >= 0.3 is 6.18 Å². The standard InChI is InChI=1S/C22H22F5N5S/c1-12-18(23)13(8-15(19(12)24)22(25,26)27)20-14-10-28-17(9-16(14)30(2)29-20)32-7-6-31(33-3)11-21(32)4-5-21/h8-10H,4-7,11H2,1-3H3. The molecule has 1 aromatic carbocycles. The first-order chi connectivity index (χ1) is 15.6. The van der Waals surface area contributed by atoms with Gasteiger partial charge in [0.2, 0.25) is 0 Å². The highest BCUT2D eigenvalue weighted by molar-refractivity contribution is 7.96. The van der Waals surface area contributed by atoms with E-state index in [2.05, 4.69) is 25.5 Å². The van der Waals surface area contributed by atoms with Gasteiger partial charge in [0.25, 0.3) is 0 Å². The lowest BCUT2D eigenvalue weighted by Crippen LogP contribution is -2.53. The number of anilines is 1. The number of halogens is 5. The molecular formula is C22H22F5N5S. The van der Waals surface area contributed by atoms with Crippen LogP contribution in [-0.2, 0) is 13.2 Å². The molecular weight excluding hydrogens is 461 g/mol. The van der Waals surface area contributed by atoms with Crippen molar-refractivity contribution in [3.05, 3.63) is 41.1 Å². The molecule has 176 valence electrons. The van der Waals surface area contributed by atoms with E-state index in [0.717, 1.165) is 45.2 Å². The summed E-state index contributed by atoms with van der Waals surface area (Å²) in [5, 5.41) is 4.70. The van der Waals surface area contributed by atoms with Gasteiger partial charge in [-0.25, -0.2) is 18.1 Å². The van der Waals surface area contributed by atoms with Crippen LogP contribution in [0.3, 0.4) is 0 Å². The Morgan fingerprint density at radius 2 is 1.82 bits per heavy atom. The van der Waals surface area contributed by atoms with Crippen molar-refractivity contribution in [2.45, 2.75) is 31.5 Å². The van der Waals surface area contributed by atoms with Gasteiger partial charge in [0.15, 0.2) is 0 Å². The van der Waals surface area contributed by atoms with Crippen molar-refractivity contribution < 1.29 is 22.0 Å². The van der Waals surface area contributed by atoms with E-state index in [-0.39, 0.29) is 11.2 Å². The van der Waals surface area contributed by atoms with E-state index in [1.165, 1.54) is 10.9 Å². The van der Waals surface area contributed by atoms with Gasteiger partial charge in [-0.05, 0) is 32.1 Å². The van der Waals surface area contributed by atoms with E-state index in [4.69, 9.17) is 0 Å². The first kappa shape index (κ1) is 22.4. The van der Waals surface area contributed by atoms with Crippen molar-refractivity contribution in [1.29, 1.82) is 0 Å². The zero-order chi connectivity index (χ0) is 23.7. The molecule has 1 saturated carbocycles. The molecule has 2 fully saturated rings. The van der Waals surface area contributed by atoms with E-state index < -0.39 is 34.5 Å². The molecule has 1 aliphatic heterocycles. The van der Waals surface area contributed by atoms with Crippen molar-refractivity contribution in [3.8, 4) is 11.3 Å². The minimum absolute atomic E-state index is 0.00554. The second kappa shape index (κ2) is 7.56. The van der Waals surface area contributed by atoms with E-state index in [0.29, 0.717) is 17.0 Å². The van der Waals surface area contributed by atoms with Crippen molar-refractivity contribution >= 4 is 28.7 Å². The van der Waals surface area contributed by atoms with Crippen LogP contribution in [0.2, 0.25) is 0 Å². The van der Waals surface area contributed by atoms with Gasteiger partial charge in [-0.2, -0.15) is 18.3 Å². The summed E-state index contributed by atoms with van der Waals surface area (Å²) in [6.07, 6.45) is 0.773. The number of pyridine rings is 1. The molecule has 1 spiro atoms. The highest BCUT2D eigenvalue weighted by Gasteiger charge is 2.51. The monoisotopic (exact) mass is 483 g/mol. The highest BCUT2D eigenvalue weighted by Crippen LogP contribution is 2.47. The van der Waals surface area contributed by atoms with E-state index in [1.807, 2.05) is 6.07 Å². The van der Waals surface area contributed by atoms with Crippen LogP contribution in [0.25, 0.3) is 22.2 Å². The van der Waals surface area contributed by atoms with Crippen LogP contribution in [0.15, 0.2) is 18.3 Å². The average molecular weight is 484 g/mol. The number of hydrogen-bond donors (Lipinski definition) is 0. The minimum atomic E-state index is -4.95. The second-order valence-electron chi connectivity index (χ2n) is 8.68. The van der Waals surface area contributed by atoms with Crippen molar-refractivity contribution in [1.82, 2.24) is 19.1 Å². The summed E-state index contributed by atoms with van der Waals surface area (Å²) >= 11 is 1.73. The smallest absolute Gasteiger partial charge is 0.348 e. The molecule has 3 aromatic rings. The van der Waals surface area contributed by atoms with Crippen molar-refractivity contribution in [2.75, 3.05) is 30.8 Å². The maximum Gasteiger partial charge on any atom is 0.419 e. The summed E-state index contributed by atoms with van der Waals surface area (Å²) < 4.78 is 73.0. The normalized spacial score (nSPS) is 18.5. The van der Waals surface area contributed by atoms with Crippen LogP contribution in [0.1, 0.15) is 24.0 Å². The molecule has 33 heavy (non-hydrogen) atoms. The van der Waals surface area contributed by atoms with Crippen molar-refractivity contribution in [3.63, 3.8) is 0 Å². The maximum atomic E-state index is 14.9. The van der Waals surface area contributed by atoms with Crippen LogP contribution < -0.4 is 4.90 Å². The number of benzene rings is 1. The Bertz CT molecular complexity index is 1250. The lowest BCUT2D eigenvalue weighted by molar-refractivity contribution is -0.140. The molecule has 0 unspecified atom stereocenters. The number of fused-ring (bicyclic) bond motifs is 1. The maximum absolute atomic E-state index is 14.9. The van der Waals surface area contributed by atoms with Gasteiger partial charge < -0.3 is 4.90 Å². The first-order valence-corrected chi connectivity index (χ1v) is 11.7. The van der Waals surface area contributed by atoms with Crippen LogP contribution in [0.4, 0.5) is 27.8 Å². The topological polar surface area (TPSA) is 37.2 Å². The predicted molar refractivity (Wildman–Crippen MR) is 118 cm³/mol. The Hall–Kier alpha value is -2.40. The van der Waals surface area contributed by atoms with Crippen LogP contribution in [-0.4, -0.2) is 50.5 Å². The molecule has 0 N–H and O–H groups in total. The molecule has 0 amide bonds. The molecule has 2 aromatic heterocycles. The first-order valence-electron chi connectivity index (χ1n) is 10.5. The molecule has 0 atom stereocenters. The third-order valence-electron chi connectivity index (χ3n) is 6.68. The molecule has 0 radical (unpaired) electrons. The van der Waals surface area contributed by atoms with Gasteiger partial charge in [-0.3, -0.25) is 4.68 Å². The van der Waals surface area contributed by atoms with Gasteiger partial charge in [0, 0.05) is 55.5 Å². The summed E-state index contributed by atoms with van der Waals surface area (Å²) in [7, 11) is 1.65. The van der Waals surface area contributed by atoms with Crippen LogP contribution in [0, 0.1) is 18.6 Å². The summed E-state index contributed by atoms with van der Waals surface area (Å²) in [5.41, 5.74) is -1.93. The number of rotatable bonds is 3. The Morgan fingerprint density at radius 3 is 2.45 bits per heavy atom. The van der Waals surface area contributed by atoms with Crippen molar-refractivity contribution in [2.24, 2.45) is 7.05 Å². The Kier molecular flexibility index (Phi) is 5.13. The molecule has 5 rings (SSSR count). The average Bonchev–Trinajstić information content (AvgIpc) is 3.46. The van der Waals surface area contributed by atoms with Gasteiger partial charge in [-0.1, -0.05) is 11.9 Å². The quantitative estimate of drug-likeness (QED) is 0.380. The fourth-order valence-electron chi connectivity index (χ4n) is 4.67. The zero-order valence-electron chi connectivity index (χ0n) is 18.3. The van der Waals surface area contributed by atoms with Crippen LogP contribution in [0.5, 0.6) is 0 Å². The van der Waals surface area contributed by atoms with Gasteiger partial charge in [0.1, 0.15) is 23.1 Å². The Morgan fingerprint density at radius 1 is 1.09 bits per heavy atom. The van der Waals surface area contributed by atoms with E-state index in [9.17, 15) is 22.0 Å². The number of alkyl halides is 3. The third-order valence-corrected chi connectivity index (χ3v) is 7.51. The summed E-state index contributed by atoms with van der Waals surface area (Å²) in [4.78, 5) is 6.87. The Labute approximate surface area is 191 Å². The molecule has 0 bridgehead atoms. The number of nitrogens with zero attached hydrogens (tertiary/aromatic N) is 5. The fourth-order valence-corrected chi connectivity index (χ4v) is 5.30. The Balaban J connectivity index is 1.60.